The fourth-order valence-electron chi connectivity index (χ4n) is 1.56. The van der Waals surface area contributed by atoms with Gasteiger partial charge in [-0.05, 0) is 18.2 Å². The van der Waals surface area contributed by atoms with Crippen molar-refractivity contribution in [3.8, 4) is 11.8 Å². The summed E-state index contributed by atoms with van der Waals surface area (Å²) >= 11 is 0. The van der Waals surface area contributed by atoms with Crippen LogP contribution in [0.4, 0.5) is 11.9 Å². The van der Waals surface area contributed by atoms with Crippen LogP contribution in [0.1, 0.15) is 5.56 Å². The molecule has 0 bridgehead atoms. The van der Waals surface area contributed by atoms with Crippen LogP contribution in [-0.2, 0) is 4.74 Å². The summed E-state index contributed by atoms with van der Waals surface area (Å²) in [6.07, 6.45) is 0. The summed E-state index contributed by atoms with van der Waals surface area (Å²) in [5.41, 5.74) is 7.05. The number of nitriles is 1. The maximum absolute atomic E-state index is 8.87. The molecular weight excluding hydrogens is 244 g/mol. The third kappa shape index (κ3) is 3.00. The summed E-state index contributed by atoms with van der Waals surface area (Å²) in [6, 6.07) is 9.07. The highest BCUT2D eigenvalue weighted by atomic mass is 16.5. The second kappa shape index (κ2) is 5.84. The number of hydrogen-bond donors (Lipinski definition) is 2. The van der Waals surface area contributed by atoms with E-state index in [-0.39, 0.29) is 5.95 Å². The molecule has 0 radical (unpaired) electrons. The quantitative estimate of drug-likeness (QED) is 0.768. The first-order valence-electron chi connectivity index (χ1n) is 5.70. The molecule has 98 valence electrons. The number of nitrogen functional groups attached to an aromatic ring is 1. The molecule has 1 aromatic carbocycles. The monoisotopic (exact) mass is 258 g/mol. The van der Waals surface area contributed by atoms with E-state index in [1.807, 2.05) is 6.07 Å². The number of nitrogens with one attached hydrogen (secondary N) is 1. The van der Waals surface area contributed by atoms with Gasteiger partial charge >= 0.3 is 0 Å². The van der Waals surface area contributed by atoms with Crippen LogP contribution in [0.15, 0.2) is 24.3 Å². The third-order valence-electron chi connectivity index (χ3n) is 2.44. The molecule has 0 fully saturated rings. The van der Waals surface area contributed by atoms with Crippen molar-refractivity contribution in [2.24, 2.45) is 0 Å². The minimum Gasteiger partial charge on any atom is -0.383 e. The summed E-state index contributed by atoms with van der Waals surface area (Å²) in [7, 11) is 1.62. The Bertz CT molecular complexity index is 601. The lowest BCUT2D eigenvalue weighted by Crippen LogP contribution is -2.09. The molecule has 0 spiro atoms. The molecule has 0 atom stereocenters. The molecule has 0 saturated carbocycles. The fourth-order valence-corrected chi connectivity index (χ4v) is 1.56. The van der Waals surface area contributed by atoms with Gasteiger partial charge in [-0.25, -0.2) is 0 Å². The minimum atomic E-state index is 0.259. The molecule has 2 rings (SSSR count). The largest absolute Gasteiger partial charge is 0.383 e. The van der Waals surface area contributed by atoms with Crippen LogP contribution in [0.3, 0.4) is 0 Å². The van der Waals surface area contributed by atoms with Gasteiger partial charge in [0.05, 0.1) is 23.9 Å². The second-order valence-corrected chi connectivity index (χ2v) is 3.79. The zero-order chi connectivity index (χ0) is 13.7. The van der Waals surface area contributed by atoms with Crippen molar-refractivity contribution in [3.63, 3.8) is 0 Å². The van der Waals surface area contributed by atoms with Crippen LogP contribution in [0, 0.1) is 11.3 Å². The van der Waals surface area contributed by atoms with Gasteiger partial charge in [0.25, 0.3) is 0 Å². The second-order valence-electron chi connectivity index (χ2n) is 3.79. The van der Waals surface area contributed by atoms with Crippen molar-refractivity contribution < 1.29 is 4.74 Å². The molecule has 7 nitrogen and oxygen atoms in total. The number of ether oxygens (including phenoxy) is 1. The Morgan fingerprint density at radius 2 is 2.37 bits per heavy atom. The number of nitrogens with two attached hydrogens (primary N) is 1. The standard InChI is InChI=1S/C12H14N6O/c1-19-6-5-15-12-16-11(14)18(17-12)10-4-2-3-9(7-10)8-13/h2-4,7H,5-6H2,1H3,(H3,14,15,16,17). The highest BCUT2D eigenvalue weighted by Crippen LogP contribution is 2.14. The van der Waals surface area contributed by atoms with Gasteiger partial charge in [0.2, 0.25) is 11.9 Å². The van der Waals surface area contributed by atoms with Gasteiger partial charge in [-0.15, -0.1) is 5.10 Å². The minimum absolute atomic E-state index is 0.259. The van der Waals surface area contributed by atoms with Gasteiger partial charge in [-0.2, -0.15) is 14.9 Å². The molecule has 7 heteroatoms. The lowest BCUT2D eigenvalue weighted by Gasteiger charge is -2.02. The van der Waals surface area contributed by atoms with Crippen molar-refractivity contribution in [1.82, 2.24) is 14.8 Å². The summed E-state index contributed by atoms with van der Waals surface area (Å²) in [6.45, 7) is 1.15. The van der Waals surface area contributed by atoms with Crippen LogP contribution in [0.2, 0.25) is 0 Å². The van der Waals surface area contributed by atoms with E-state index >= 15 is 0 Å². The van der Waals surface area contributed by atoms with Crippen LogP contribution < -0.4 is 11.1 Å². The summed E-state index contributed by atoms with van der Waals surface area (Å²) in [4.78, 5) is 4.09. The fraction of sp³-hybridized carbons (Fsp3) is 0.250. The zero-order valence-electron chi connectivity index (χ0n) is 10.5. The molecule has 0 aliphatic rings. The third-order valence-corrected chi connectivity index (χ3v) is 2.44. The average molecular weight is 258 g/mol. The Kier molecular flexibility index (Phi) is 3.95. The van der Waals surface area contributed by atoms with Gasteiger partial charge in [0, 0.05) is 13.7 Å². The maximum atomic E-state index is 8.87. The first kappa shape index (κ1) is 12.9. The Morgan fingerprint density at radius 1 is 1.53 bits per heavy atom. The molecule has 0 saturated heterocycles. The number of benzene rings is 1. The van der Waals surface area contributed by atoms with Crippen LogP contribution in [0.5, 0.6) is 0 Å². The van der Waals surface area contributed by atoms with Gasteiger partial charge in [0.15, 0.2) is 0 Å². The van der Waals surface area contributed by atoms with E-state index in [2.05, 4.69) is 21.5 Å². The normalized spacial score (nSPS) is 10.1. The Balaban J connectivity index is 2.22. The van der Waals surface area contributed by atoms with E-state index in [9.17, 15) is 0 Å². The van der Waals surface area contributed by atoms with E-state index in [1.54, 1.807) is 25.3 Å². The van der Waals surface area contributed by atoms with E-state index in [1.165, 1.54) is 4.68 Å². The Labute approximate surface area is 110 Å². The van der Waals surface area contributed by atoms with Gasteiger partial charge in [-0.1, -0.05) is 6.07 Å². The van der Waals surface area contributed by atoms with Crippen LogP contribution in [0.25, 0.3) is 5.69 Å². The topological polar surface area (TPSA) is 102 Å². The lowest BCUT2D eigenvalue weighted by molar-refractivity contribution is 0.210. The van der Waals surface area contributed by atoms with Gasteiger partial charge in [0.1, 0.15) is 0 Å². The highest BCUT2D eigenvalue weighted by Gasteiger charge is 2.08. The van der Waals surface area contributed by atoms with E-state index in [0.29, 0.717) is 30.4 Å². The molecule has 0 aliphatic carbocycles. The van der Waals surface area contributed by atoms with Crippen molar-refractivity contribution in [1.29, 1.82) is 5.26 Å². The maximum Gasteiger partial charge on any atom is 0.244 e. The number of aromatic nitrogens is 3. The lowest BCUT2D eigenvalue weighted by atomic mass is 10.2. The SMILES string of the molecule is COCCNc1nc(N)n(-c2cccc(C#N)c2)n1. The first-order valence-corrected chi connectivity index (χ1v) is 5.70. The van der Waals surface area contributed by atoms with Gasteiger partial charge < -0.3 is 15.8 Å². The van der Waals surface area contributed by atoms with E-state index < -0.39 is 0 Å². The summed E-state index contributed by atoms with van der Waals surface area (Å²) in [5.74, 6) is 0.687. The smallest absolute Gasteiger partial charge is 0.244 e. The molecule has 19 heavy (non-hydrogen) atoms. The molecule has 2 aromatic rings. The Hall–Kier alpha value is -2.59. The van der Waals surface area contributed by atoms with Gasteiger partial charge in [-0.3, -0.25) is 0 Å². The Morgan fingerprint density at radius 3 is 3.11 bits per heavy atom. The molecule has 0 aliphatic heterocycles. The molecular formula is C12H14N6O. The molecule has 0 amide bonds. The van der Waals surface area contributed by atoms with E-state index in [4.69, 9.17) is 15.7 Å². The van der Waals surface area contributed by atoms with E-state index in [0.717, 1.165) is 0 Å². The van der Waals surface area contributed by atoms with Crippen molar-refractivity contribution in [3.05, 3.63) is 29.8 Å². The predicted octanol–water partition coefficient (Wildman–Crippen LogP) is 0.779. The van der Waals surface area contributed by atoms with Crippen molar-refractivity contribution in [2.45, 2.75) is 0 Å². The number of nitrogens with zero attached hydrogens (tertiary/aromatic N) is 4. The number of methoxy groups -OCH3 is 1. The van der Waals surface area contributed by atoms with Crippen LogP contribution in [-0.4, -0.2) is 35.0 Å². The molecule has 1 heterocycles. The zero-order valence-corrected chi connectivity index (χ0v) is 10.5. The first-order chi connectivity index (χ1) is 9.24. The number of hydrogen-bond acceptors (Lipinski definition) is 6. The van der Waals surface area contributed by atoms with Crippen molar-refractivity contribution in [2.75, 3.05) is 31.3 Å². The molecule has 0 unspecified atom stereocenters. The number of rotatable bonds is 5. The predicted molar refractivity (Wildman–Crippen MR) is 70.9 cm³/mol. The highest BCUT2D eigenvalue weighted by molar-refractivity contribution is 5.46. The summed E-state index contributed by atoms with van der Waals surface area (Å²) in [5, 5.41) is 16.1. The molecule has 1 aromatic heterocycles. The molecule has 3 N–H and O–H groups in total. The average Bonchev–Trinajstić information content (AvgIpc) is 2.80. The summed E-state index contributed by atoms with van der Waals surface area (Å²) < 4.78 is 6.41. The van der Waals surface area contributed by atoms with Crippen LogP contribution >= 0.6 is 0 Å². The van der Waals surface area contributed by atoms with Crippen molar-refractivity contribution >= 4 is 11.9 Å². The number of anilines is 2.